The average Bonchev–Trinajstić information content (AvgIpc) is 2.06. The Hall–Kier alpha value is -0.900. The molecule has 0 aliphatic rings. The lowest BCUT2D eigenvalue weighted by molar-refractivity contribution is -0.131. The van der Waals surface area contributed by atoms with Crippen molar-refractivity contribution in [3.05, 3.63) is 28.0 Å². The standard InChI is InChI=1S/C9H8BrFO2/c1-5-3-4-7(13-6(2)12)8(10)9(5)11/h3-4H,1-2H3. The van der Waals surface area contributed by atoms with Crippen LogP contribution in [0.25, 0.3) is 0 Å². The van der Waals surface area contributed by atoms with Crippen molar-refractivity contribution in [2.45, 2.75) is 13.8 Å². The van der Waals surface area contributed by atoms with Crippen molar-refractivity contribution in [3.8, 4) is 5.75 Å². The van der Waals surface area contributed by atoms with E-state index in [2.05, 4.69) is 15.9 Å². The molecule has 0 aliphatic carbocycles. The molecule has 0 amide bonds. The van der Waals surface area contributed by atoms with E-state index in [4.69, 9.17) is 4.74 Å². The molecule has 4 heteroatoms. The minimum absolute atomic E-state index is 0.183. The molecule has 0 aromatic heterocycles. The van der Waals surface area contributed by atoms with Gasteiger partial charge >= 0.3 is 5.97 Å². The molecule has 1 rings (SSSR count). The summed E-state index contributed by atoms with van der Waals surface area (Å²) in [5, 5.41) is 0. The Balaban J connectivity index is 3.10. The highest BCUT2D eigenvalue weighted by Gasteiger charge is 2.10. The summed E-state index contributed by atoms with van der Waals surface area (Å²) in [6, 6.07) is 3.10. The number of hydrogen-bond donors (Lipinski definition) is 0. The molecular formula is C9H8BrFO2. The Kier molecular flexibility index (Phi) is 3.03. The first kappa shape index (κ1) is 10.2. The topological polar surface area (TPSA) is 26.3 Å². The molecule has 0 saturated heterocycles. The van der Waals surface area contributed by atoms with Gasteiger partial charge in [0.2, 0.25) is 0 Å². The Labute approximate surface area is 83.8 Å². The fourth-order valence-electron chi connectivity index (χ4n) is 0.862. The Morgan fingerprint density at radius 2 is 2.15 bits per heavy atom. The van der Waals surface area contributed by atoms with Gasteiger partial charge in [0.15, 0.2) is 0 Å². The summed E-state index contributed by atoms with van der Waals surface area (Å²) in [6.45, 7) is 2.90. The number of hydrogen-bond acceptors (Lipinski definition) is 2. The van der Waals surface area contributed by atoms with Crippen LogP contribution in [0.5, 0.6) is 5.75 Å². The van der Waals surface area contributed by atoms with Crippen LogP contribution in [0.15, 0.2) is 16.6 Å². The molecule has 0 radical (unpaired) electrons. The van der Waals surface area contributed by atoms with E-state index in [9.17, 15) is 9.18 Å². The van der Waals surface area contributed by atoms with Crippen molar-refractivity contribution in [2.24, 2.45) is 0 Å². The highest BCUT2D eigenvalue weighted by Crippen LogP contribution is 2.29. The van der Waals surface area contributed by atoms with Crippen LogP contribution in [0.4, 0.5) is 4.39 Å². The second-order valence-electron chi connectivity index (χ2n) is 2.60. The minimum atomic E-state index is -0.469. The third-order valence-electron chi connectivity index (χ3n) is 1.49. The number of ether oxygens (including phenoxy) is 1. The summed E-state index contributed by atoms with van der Waals surface area (Å²) >= 11 is 3.01. The first-order valence-corrected chi connectivity index (χ1v) is 4.44. The average molecular weight is 247 g/mol. The molecule has 2 nitrogen and oxygen atoms in total. The zero-order chi connectivity index (χ0) is 10.0. The summed E-state index contributed by atoms with van der Waals surface area (Å²) in [7, 11) is 0. The summed E-state index contributed by atoms with van der Waals surface area (Å²) in [6.07, 6.45) is 0. The number of halogens is 2. The molecule has 0 heterocycles. The maximum Gasteiger partial charge on any atom is 0.308 e. The lowest BCUT2D eigenvalue weighted by atomic mass is 10.2. The lowest BCUT2D eigenvalue weighted by Crippen LogP contribution is -2.02. The maximum absolute atomic E-state index is 13.2. The van der Waals surface area contributed by atoms with E-state index < -0.39 is 11.8 Å². The van der Waals surface area contributed by atoms with E-state index in [0.717, 1.165) is 0 Å². The van der Waals surface area contributed by atoms with Gasteiger partial charge in [0.05, 0.1) is 4.47 Å². The molecule has 0 spiro atoms. The smallest absolute Gasteiger partial charge is 0.308 e. The zero-order valence-electron chi connectivity index (χ0n) is 7.23. The van der Waals surface area contributed by atoms with Crippen LogP contribution >= 0.6 is 15.9 Å². The SMILES string of the molecule is CC(=O)Oc1ccc(C)c(F)c1Br. The number of carbonyl (C=O) groups is 1. The van der Waals surface area contributed by atoms with Crippen molar-refractivity contribution >= 4 is 21.9 Å². The van der Waals surface area contributed by atoms with Crippen LogP contribution in [0.2, 0.25) is 0 Å². The Morgan fingerprint density at radius 3 is 2.69 bits per heavy atom. The van der Waals surface area contributed by atoms with E-state index in [1.165, 1.54) is 6.92 Å². The van der Waals surface area contributed by atoms with Crippen LogP contribution in [-0.4, -0.2) is 5.97 Å². The molecule has 1 aromatic carbocycles. The largest absolute Gasteiger partial charge is 0.425 e. The molecule has 13 heavy (non-hydrogen) atoms. The van der Waals surface area contributed by atoms with Gasteiger partial charge in [0.25, 0.3) is 0 Å². The number of esters is 1. The lowest BCUT2D eigenvalue weighted by Gasteiger charge is -2.05. The van der Waals surface area contributed by atoms with Crippen molar-refractivity contribution < 1.29 is 13.9 Å². The van der Waals surface area contributed by atoms with E-state index in [1.54, 1.807) is 19.1 Å². The molecule has 0 aliphatic heterocycles. The number of rotatable bonds is 1. The fourth-order valence-corrected chi connectivity index (χ4v) is 1.39. The summed E-state index contributed by atoms with van der Waals surface area (Å²) in [4.78, 5) is 10.6. The van der Waals surface area contributed by atoms with E-state index in [1.807, 2.05) is 0 Å². The molecule has 70 valence electrons. The second kappa shape index (κ2) is 3.87. The Bertz CT molecular complexity index is 350. The van der Waals surface area contributed by atoms with Gasteiger partial charge < -0.3 is 4.74 Å². The fraction of sp³-hybridized carbons (Fsp3) is 0.222. The number of aryl methyl sites for hydroxylation is 1. The number of carbonyl (C=O) groups excluding carboxylic acids is 1. The minimum Gasteiger partial charge on any atom is -0.425 e. The maximum atomic E-state index is 13.2. The highest BCUT2D eigenvalue weighted by atomic mass is 79.9. The van der Waals surface area contributed by atoms with Crippen LogP contribution in [0.3, 0.4) is 0 Å². The third-order valence-corrected chi connectivity index (χ3v) is 2.23. The quantitative estimate of drug-likeness (QED) is 0.563. The van der Waals surface area contributed by atoms with E-state index in [0.29, 0.717) is 5.56 Å². The van der Waals surface area contributed by atoms with Crippen LogP contribution in [0.1, 0.15) is 12.5 Å². The van der Waals surface area contributed by atoms with Gasteiger partial charge in [-0.3, -0.25) is 4.79 Å². The molecule has 0 fully saturated rings. The van der Waals surface area contributed by atoms with Crippen molar-refractivity contribution in [2.75, 3.05) is 0 Å². The van der Waals surface area contributed by atoms with Gasteiger partial charge in [-0.2, -0.15) is 0 Å². The zero-order valence-corrected chi connectivity index (χ0v) is 8.81. The molecule has 0 atom stereocenters. The second-order valence-corrected chi connectivity index (χ2v) is 3.40. The molecule has 0 saturated carbocycles. The van der Waals surface area contributed by atoms with E-state index >= 15 is 0 Å². The predicted octanol–water partition coefficient (Wildman–Crippen LogP) is 2.82. The summed E-state index contributed by atoms with van der Waals surface area (Å²) in [5.74, 6) is -0.668. The third kappa shape index (κ3) is 2.28. The number of benzene rings is 1. The van der Waals surface area contributed by atoms with Crippen LogP contribution in [-0.2, 0) is 4.79 Å². The van der Waals surface area contributed by atoms with Crippen molar-refractivity contribution in [1.82, 2.24) is 0 Å². The van der Waals surface area contributed by atoms with Crippen LogP contribution in [0, 0.1) is 12.7 Å². The Morgan fingerprint density at radius 1 is 1.54 bits per heavy atom. The molecular weight excluding hydrogens is 239 g/mol. The monoisotopic (exact) mass is 246 g/mol. The van der Waals surface area contributed by atoms with Crippen LogP contribution < -0.4 is 4.74 Å². The van der Waals surface area contributed by atoms with Gasteiger partial charge in [0.1, 0.15) is 11.6 Å². The van der Waals surface area contributed by atoms with Gasteiger partial charge in [-0.15, -0.1) is 0 Å². The van der Waals surface area contributed by atoms with Gasteiger partial charge in [-0.05, 0) is 34.5 Å². The molecule has 0 unspecified atom stereocenters. The van der Waals surface area contributed by atoms with Gasteiger partial charge in [-0.1, -0.05) is 6.07 Å². The van der Waals surface area contributed by atoms with Crippen molar-refractivity contribution in [3.63, 3.8) is 0 Å². The van der Waals surface area contributed by atoms with E-state index in [-0.39, 0.29) is 10.2 Å². The first-order valence-electron chi connectivity index (χ1n) is 3.65. The first-order chi connectivity index (χ1) is 6.02. The summed E-state index contributed by atoms with van der Waals surface area (Å²) in [5.41, 5.74) is 0.503. The predicted molar refractivity (Wildman–Crippen MR) is 50.1 cm³/mol. The normalized spacial score (nSPS) is 9.85. The van der Waals surface area contributed by atoms with Gasteiger partial charge in [-0.25, -0.2) is 4.39 Å². The molecule has 1 aromatic rings. The molecule has 0 bridgehead atoms. The highest BCUT2D eigenvalue weighted by molar-refractivity contribution is 9.10. The van der Waals surface area contributed by atoms with Crippen molar-refractivity contribution in [1.29, 1.82) is 0 Å². The van der Waals surface area contributed by atoms with Gasteiger partial charge in [0, 0.05) is 6.92 Å². The molecule has 0 N–H and O–H groups in total. The summed E-state index contributed by atoms with van der Waals surface area (Å²) < 4.78 is 18.1.